The molecule has 0 heterocycles. The molecule has 0 unspecified atom stereocenters. The molecule has 2 nitrogen and oxygen atoms in total. The predicted molar refractivity (Wildman–Crippen MR) is 72.3 cm³/mol. The van der Waals surface area contributed by atoms with Crippen LogP contribution in [-0.4, -0.2) is 11.9 Å². The standard InChI is InChI=1S/C16H20FNO/c17-13-8-6-12(7-9-13)16(10-3-11-16)15(19)18-14-4-1-2-5-14/h6-9,14H,1-5,10-11H2,(H,18,19). The summed E-state index contributed by atoms with van der Waals surface area (Å²) in [7, 11) is 0. The van der Waals surface area contributed by atoms with Crippen LogP contribution in [0.4, 0.5) is 4.39 Å². The highest BCUT2D eigenvalue weighted by Gasteiger charge is 2.46. The van der Waals surface area contributed by atoms with Crippen LogP contribution >= 0.6 is 0 Å². The van der Waals surface area contributed by atoms with Crippen molar-refractivity contribution in [3.05, 3.63) is 35.6 Å². The zero-order chi connectivity index (χ0) is 13.3. The maximum atomic E-state index is 13.0. The SMILES string of the molecule is O=C(NC1CCCC1)C1(c2ccc(F)cc2)CCC1. The normalized spacial score (nSPS) is 21.9. The third-order valence-corrected chi connectivity index (χ3v) is 4.73. The minimum absolute atomic E-state index is 0.150. The molecule has 1 aromatic carbocycles. The topological polar surface area (TPSA) is 29.1 Å². The Bertz CT molecular complexity index is 458. The molecule has 2 aliphatic rings. The Morgan fingerprint density at radius 1 is 1.11 bits per heavy atom. The van der Waals surface area contributed by atoms with Crippen LogP contribution in [0, 0.1) is 5.82 Å². The van der Waals surface area contributed by atoms with E-state index < -0.39 is 5.41 Å². The van der Waals surface area contributed by atoms with E-state index >= 15 is 0 Å². The van der Waals surface area contributed by atoms with Crippen molar-refractivity contribution in [2.75, 3.05) is 0 Å². The van der Waals surface area contributed by atoms with Gasteiger partial charge in [0.05, 0.1) is 5.41 Å². The second kappa shape index (κ2) is 4.95. The number of nitrogens with one attached hydrogen (secondary N) is 1. The van der Waals surface area contributed by atoms with Gasteiger partial charge in [-0.05, 0) is 43.4 Å². The molecule has 1 aromatic rings. The van der Waals surface area contributed by atoms with Gasteiger partial charge in [0.25, 0.3) is 0 Å². The molecule has 2 aliphatic carbocycles. The summed E-state index contributed by atoms with van der Waals surface area (Å²) < 4.78 is 13.0. The van der Waals surface area contributed by atoms with Crippen LogP contribution in [0.1, 0.15) is 50.5 Å². The molecule has 2 fully saturated rings. The van der Waals surface area contributed by atoms with Crippen molar-refractivity contribution in [3.8, 4) is 0 Å². The van der Waals surface area contributed by atoms with Gasteiger partial charge in [0.15, 0.2) is 0 Å². The van der Waals surface area contributed by atoms with Gasteiger partial charge in [-0.15, -0.1) is 0 Å². The Labute approximate surface area is 113 Å². The number of carbonyl (C=O) groups is 1. The van der Waals surface area contributed by atoms with Gasteiger partial charge in [-0.3, -0.25) is 4.79 Å². The van der Waals surface area contributed by atoms with Gasteiger partial charge in [-0.1, -0.05) is 31.4 Å². The molecular formula is C16H20FNO. The van der Waals surface area contributed by atoms with E-state index in [-0.39, 0.29) is 11.7 Å². The summed E-state index contributed by atoms with van der Waals surface area (Å²) in [6.07, 6.45) is 7.49. The van der Waals surface area contributed by atoms with Crippen molar-refractivity contribution in [1.29, 1.82) is 0 Å². The second-order valence-corrected chi connectivity index (χ2v) is 5.90. The highest BCUT2D eigenvalue weighted by atomic mass is 19.1. The van der Waals surface area contributed by atoms with Crippen LogP contribution in [0.25, 0.3) is 0 Å². The first kappa shape index (κ1) is 12.6. The molecule has 1 amide bonds. The van der Waals surface area contributed by atoms with Gasteiger partial charge in [-0.2, -0.15) is 0 Å². The highest BCUT2D eigenvalue weighted by Crippen LogP contribution is 2.44. The Morgan fingerprint density at radius 3 is 2.26 bits per heavy atom. The van der Waals surface area contributed by atoms with Crippen LogP contribution in [0.5, 0.6) is 0 Å². The fraction of sp³-hybridized carbons (Fsp3) is 0.562. The zero-order valence-electron chi connectivity index (χ0n) is 11.1. The molecule has 0 bridgehead atoms. The van der Waals surface area contributed by atoms with Crippen molar-refractivity contribution < 1.29 is 9.18 Å². The lowest BCUT2D eigenvalue weighted by molar-refractivity contribution is -0.130. The third-order valence-electron chi connectivity index (χ3n) is 4.73. The number of carbonyl (C=O) groups excluding carboxylic acids is 1. The molecule has 3 heteroatoms. The molecule has 0 aromatic heterocycles. The van der Waals surface area contributed by atoms with E-state index in [2.05, 4.69) is 5.32 Å². The lowest BCUT2D eigenvalue weighted by Crippen LogP contribution is -2.51. The second-order valence-electron chi connectivity index (χ2n) is 5.90. The van der Waals surface area contributed by atoms with Crippen molar-refractivity contribution in [2.24, 2.45) is 0 Å². The maximum absolute atomic E-state index is 13.0. The molecule has 19 heavy (non-hydrogen) atoms. The van der Waals surface area contributed by atoms with Gasteiger partial charge in [0.2, 0.25) is 5.91 Å². The fourth-order valence-electron chi connectivity index (χ4n) is 3.34. The molecular weight excluding hydrogens is 241 g/mol. The highest BCUT2D eigenvalue weighted by molar-refractivity contribution is 5.89. The van der Waals surface area contributed by atoms with Crippen LogP contribution in [0.15, 0.2) is 24.3 Å². The van der Waals surface area contributed by atoms with E-state index in [0.29, 0.717) is 6.04 Å². The molecule has 102 valence electrons. The maximum Gasteiger partial charge on any atom is 0.230 e. The molecule has 0 saturated heterocycles. The number of rotatable bonds is 3. The van der Waals surface area contributed by atoms with Gasteiger partial charge >= 0.3 is 0 Å². The van der Waals surface area contributed by atoms with Crippen molar-refractivity contribution in [2.45, 2.75) is 56.4 Å². The van der Waals surface area contributed by atoms with E-state index in [1.165, 1.54) is 25.0 Å². The average molecular weight is 261 g/mol. The smallest absolute Gasteiger partial charge is 0.230 e. The van der Waals surface area contributed by atoms with Crippen LogP contribution in [-0.2, 0) is 10.2 Å². The zero-order valence-corrected chi connectivity index (χ0v) is 11.1. The van der Waals surface area contributed by atoms with Gasteiger partial charge < -0.3 is 5.32 Å². The molecule has 0 aliphatic heterocycles. The summed E-state index contributed by atoms with van der Waals surface area (Å²) in [6.45, 7) is 0. The summed E-state index contributed by atoms with van der Waals surface area (Å²) in [4.78, 5) is 12.6. The average Bonchev–Trinajstić information content (AvgIpc) is 2.83. The molecule has 0 radical (unpaired) electrons. The lowest BCUT2D eigenvalue weighted by atomic mass is 9.63. The molecule has 0 spiro atoms. The minimum Gasteiger partial charge on any atom is -0.353 e. The molecule has 1 N–H and O–H groups in total. The molecule has 3 rings (SSSR count). The Morgan fingerprint density at radius 2 is 1.74 bits per heavy atom. The van der Waals surface area contributed by atoms with Crippen LogP contribution < -0.4 is 5.32 Å². The van der Waals surface area contributed by atoms with Crippen molar-refractivity contribution >= 4 is 5.91 Å². The largest absolute Gasteiger partial charge is 0.353 e. The number of amides is 1. The summed E-state index contributed by atoms with van der Waals surface area (Å²) in [6, 6.07) is 6.80. The van der Waals surface area contributed by atoms with Crippen LogP contribution in [0.3, 0.4) is 0 Å². The van der Waals surface area contributed by atoms with E-state index in [1.807, 2.05) is 0 Å². The third kappa shape index (κ3) is 2.26. The summed E-state index contributed by atoms with van der Waals surface area (Å²) >= 11 is 0. The summed E-state index contributed by atoms with van der Waals surface area (Å²) in [5.41, 5.74) is 0.576. The summed E-state index contributed by atoms with van der Waals surface area (Å²) in [5, 5.41) is 3.20. The first-order valence-corrected chi connectivity index (χ1v) is 7.28. The summed E-state index contributed by atoms with van der Waals surface area (Å²) in [5.74, 6) is -0.0910. The molecule has 2 saturated carbocycles. The van der Waals surface area contributed by atoms with Crippen molar-refractivity contribution in [3.63, 3.8) is 0 Å². The van der Waals surface area contributed by atoms with E-state index in [1.54, 1.807) is 12.1 Å². The number of hydrogen-bond donors (Lipinski definition) is 1. The quantitative estimate of drug-likeness (QED) is 0.888. The van der Waals surface area contributed by atoms with Crippen LogP contribution in [0.2, 0.25) is 0 Å². The number of benzene rings is 1. The first-order chi connectivity index (χ1) is 9.21. The van der Waals surface area contributed by atoms with E-state index in [0.717, 1.165) is 37.7 Å². The first-order valence-electron chi connectivity index (χ1n) is 7.28. The monoisotopic (exact) mass is 261 g/mol. The Hall–Kier alpha value is -1.38. The van der Waals surface area contributed by atoms with Gasteiger partial charge in [0, 0.05) is 6.04 Å². The van der Waals surface area contributed by atoms with Gasteiger partial charge in [-0.25, -0.2) is 4.39 Å². The Kier molecular flexibility index (Phi) is 3.29. The minimum atomic E-state index is -0.393. The Balaban J connectivity index is 1.78. The van der Waals surface area contributed by atoms with E-state index in [9.17, 15) is 9.18 Å². The number of halogens is 1. The molecule has 0 atom stereocenters. The van der Waals surface area contributed by atoms with E-state index in [4.69, 9.17) is 0 Å². The predicted octanol–water partition coefficient (Wildman–Crippen LogP) is 3.31. The fourth-order valence-corrected chi connectivity index (χ4v) is 3.34. The lowest BCUT2D eigenvalue weighted by Gasteiger charge is -2.41. The number of hydrogen-bond acceptors (Lipinski definition) is 1. The van der Waals surface area contributed by atoms with Crippen molar-refractivity contribution in [1.82, 2.24) is 5.32 Å². The van der Waals surface area contributed by atoms with Gasteiger partial charge in [0.1, 0.15) is 5.82 Å².